The fraction of sp³-hybridized carbons (Fsp3) is 0.767. The molecule has 0 aromatic rings. The molecule has 0 aliphatic carbocycles. The van der Waals surface area contributed by atoms with E-state index < -0.39 is 70.2 Å². The Morgan fingerprint density at radius 1 is 0.485 bits per heavy atom. The van der Waals surface area contributed by atoms with Crippen LogP contribution >= 0.6 is 0 Å². The van der Waals surface area contributed by atoms with Crippen molar-refractivity contribution in [3.63, 3.8) is 0 Å². The Morgan fingerprint density at radius 2 is 0.721 bits per heavy atom. The third-order valence-electron chi connectivity index (χ3n) is 8.74. The minimum Gasteiger partial charge on any atom is -0.481 e. The van der Waals surface area contributed by atoms with E-state index in [0.717, 1.165) is 41.5 Å². The van der Waals surface area contributed by atoms with E-state index >= 15 is 0 Å². The first-order valence-electron chi connectivity index (χ1n) is 21.5. The molecule has 2 amide bonds. The Morgan fingerprint density at radius 3 is 0.912 bits per heavy atom. The summed E-state index contributed by atoms with van der Waals surface area (Å²) in [5, 5.41) is 22.2. The molecular weight excluding hydrogens is 937 g/mol. The van der Waals surface area contributed by atoms with Crippen LogP contribution in [0.25, 0.3) is 0 Å². The van der Waals surface area contributed by atoms with Gasteiger partial charge in [0.15, 0.2) is 0 Å². The molecule has 0 aromatic carbocycles. The van der Waals surface area contributed by atoms with Gasteiger partial charge in [0.1, 0.15) is 0 Å². The van der Waals surface area contributed by atoms with Crippen LogP contribution in [0.2, 0.25) is 12.1 Å². The summed E-state index contributed by atoms with van der Waals surface area (Å²) in [5.41, 5.74) is -1.62. The van der Waals surface area contributed by atoms with Crippen molar-refractivity contribution in [1.82, 2.24) is 9.80 Å². The summed E-state index contributed by atoms with van der Waals surface area (Å²) < 4.78 is 42.0. The second-order valence-corrected chi connectivity index (χ2v) is 22.2. The molecule has 0 spiro atoms. The summed E-state index contributed by atoms with van der Waals surface area (Å²) in [6, 6.07) is 0.483. The van der Waals surface area contributed by atoms with E-state index in [0.29, 0.717) is 38.1 Å². The summed E-state index contributed by atoms with van der Waals surface area (Å²) in [7, 11) is 4.88. The van der Waals surface area contributed by atoms with Crippen LogP contribution in [0.15, 0.2) is 0 Å². The molecule has 0 saturated carbocycles. The number of amides is 2. The van der Waals surface area contributed by atoms with E-state index in [1.165, 1.54) is 4.90 Å². The van der Waals surface area contributed by atoms with Crippen LogP contribution in [0, 0.1) is 22.7 Å². The van der Waals surface area contributed by atoms with Gasteiger partial charge in [-0.05, 0) is 66.2 Å². The SMILES string of the molecule is CC(=O)O.CC(=O)O.CC(=O)O.CCC(CC(C)(C)C(=O)OCCC[Si](OC(C)=O)(OC(C)=O)OC(C)=O)C(=O)N(C)C.CCC(CC(C)(C)C(=O)OCCC[Si](OC)(OC)OC)C(=O)N(C)C. The molecule has 0 fully saturated rings. The largest absolute Gasteiger partial charge is 0.705 e. The molecule has 2 unspecified atom stereocenters. The van der Waals surface area contributed by atoms with Gasteiger partial charge in [0, 0.05) is 109 Å². The van der Waals surface area contributed by atoms with Crippen LogP contribution < -0.4 is 0 Å². The van der Waals surface area contributed by atoms with Crippen molar-refractivity contribution in [2.24, 2.45) is 22.7 Å². The highest BCUT2D eigenvalue weighted by atomic mass is 28.4. The highest BCUT2D eigenvalue weighted by Crippen LogP contribution is 2.31. The van der Waals surface area contributed by atoms with E-state index in [-0.39, 0.29) is 55.3 Å². The number of ether oxygens (including phenoxy) is 2. The number of nitrogens with zero attached hydrogens (tertiary/aromatic N) is 2. The number of carboxylic acids is 3. The maximum atomic E-state index is 12.6. The van der Waals surface area contributed by atoms with Gasteiger partial charge in [-0.1, -0.05) is 13.8 Å². The molecule has 0 saturated heterocycles. The lowest BCUT2D eigenvalue weighted by atomic mass is 9.81. The Labute approximate surface area is 404 Å². The number of esters is 2. The van der Waals surface area contributed by atoms with Gasteiger partial charge in [0.05, 0.1) is 30.1 Å². The second kappa shape index (κ2) is 37.0. The first-order valence-corrected chi connectivity index (χ1v) is 25.4. The summed E-state index contributed by atoms with van der Waals surface area (Å²) in [4.78, 5) is 114. The van der Waals surface area contributed by atoms with Crippen LogP contribution in [0.4, 0.5) is 0 Å². The van der Waals surface area contributed by atoms with Crippen LogP contribution in [0.1, 0.15) is 122 Å². The molecule has 0 rings (SSSR count). The third-order valence-corrected chi connectivity index (χ3v) is 14.3. The number of aliphatic carboxylic acids is 3. The second-order valence-electron chi connectivity index (χ2n) is 16.6. The number of rotatable bonds is 24. The van der Waals surface area contributed by atoms with Gasteiger partial charge >= 0.3 is 29.5 Å². The van der Waals surface area contributed by atoms with E-state index in [1.807, 2.05) is 27.7 Å². The summed E-state index contributed by atoms with van der Waals surface area (Å²) >= 11 is 0. The molecule has 398 valence electrons. The average molecular weight is 1020 g/mol. The third kappa shape index (κ3) is 37.1. The van der Waals surface area contributed by atoms with Gasteiger partial charge in [-0.2, -0.15) is 0 Å². The first-order chi connectivity index (χ1) is 30.9. The molecule has 0 radical (unpaired) electrons. The number of hydrogen-bond donors (Lipinski definition) is 3. The van der Waals surface area contributed by atoms with Crippen molar-refractivity contribution < 1.29 is 99.3 Å². The minimum absolute atomic E-state index is 0.0412. The quantitative estimate of drug-likeness (QED) is 0.0671. The molecule has 25 heteroatoms. The van der Waals surface area contributed by atoms with Gasteiger partial charge in [0.2, 0.25) is 11.8 Å². The van der Waals surface area contributed by atoms with E-state index in [2.05, 4.69) is 0 Å². The Balaban J connectivity index is -0.000000317. The van der Waals surface area contributed by atoms with E-state index in [9.17, 15) is 33.6 Å². The molecule has 0 aliphatic rings. The lowest BCUT2D eigenvalue weighted by Crippen LogP contribution is -2.49. The number of carbonyl (C=O) groups excluding carboxylic acids is 7. The maximum absolute atomic E-state index is 12.6. The Kier molecular flexibility index (Phi) is 39.2. The molecule has 2 atom stereocenters. The van der Waals surface area contributed by atoms with Crippen molar-refractivity contribution in [3.05, 3.63) is 0 Å². The van der Waals surface area contributed by atoms with E-state index in [1.54, 1.807) is 68.3 Å². The number of hydrogen-bond acceptors (Lipinski definition) is 18. The average Bonchev–Trinajstić information content (AvgIpc) is 3.19. The summed E-state index contributed by atoms with van der Waals surface area (Å²) in [6.07, 6.45) is 2.80. The van der Waals surface area contributed by atoms with Crippen LogP contribution in [0.3, 0.4) is 0 Å². The molecule has 23 nitrogen and oxygen atoms in total. The van der Waals surface area contributed by atoms with Crippen LogP contribution in [-0.4, -0.2) is 165 Å². The predicted molar refractivity (Wildman–Crippen MR) is 250 cm³/mol. The smallest absolute Gasteiger partial charge is 0.481 e. The van der Waals surface area contributed by atoms with Gasteiger partial charge in [-0.15, -0.1) is 0 Å². The zero-order valence-corrected chi connectivity index (χ0v) is 45.8. The lowest BCUT2D eigenvalue weighted by molar-refractivity contribution is -0.157. The monoisotopic (exact) mass is 1020 g/mol. The molecule has 0 heterocycles. The molecule has 3 N–H and O–H groups in total. The van der Waals surface area contributed by atoms with Crippen molar-refractivity contribution >= 4 is 77.2 Å². The number of carbonyl (C=O) groups is 10. The molecule has 0 bridgehead atoms. The maximum Gasteiger partial charge on any atom is 0.705 e. The lowest BCUT2D eigenvalue weighted by Gasteiger charge is -2.28. The summed E-state index contributed by atoms with van der Waals surface area (Å²) in [5.74, 6) is -6.07. The van der Waals surface area contributed by atoms with Crippen LogP contribution in [-0.2, 0) is 84.0 Å². The van der Waals surface area contributed by atoms with Gasteiger partial charge in [-0.3, -0.25) is 47.9 Å². The van der Waals surface area contributed by atoms with Gasteiger partial charge in [-0.25, -0.2) is 0 Å². The fourth-order valence-corrected chi connectivity index (χ4v) is 9.68. The van der Waals surface area contributed by atoms with Gasteiger partial charge < -0.3 is 61.1 Å². The minimum atomic E-state index is -3.95. The highest BCUT2D eigenvalue weighted by molar-refractivity contribution is 6.65. The highest BCUT2D eigenvalue weighted by Gasteiger charge is 2.51. The topological polar surface area (TPSA) is 312 Å². The Bertz CT molecular complexity index is 1490. The number of carboxylic acid groups (broad SMARTS) is 3. The van der Waals surface area contributed by atoms with Crippen molar-refractivity contribution in [2.45, 2.75) is 134 Å². The predicted octanol–water partition coefficient (Wildman–Crippen LogP) is 4.68. The molecule has 68 heavy (non-hydrogen) atoms. The fourth-order valence-electron chi connectivity index (χ4n) is 5.67. The summed E-state index contributed by atoms with van der Waals surface area (Å²) in [6.45, 7) is 17.7. The standard InChI is InChI=1S/C20H35NO9Si.C17H35NO6Si.3C2H4O2/c1-9-17(18(25)21(7)8)13-20(5,6)19(26)27-11-10-12-31(28-14(2)22,29-15(3)23)30-16(4)24;1-9-14(15(19)18(4)5)13-17(2,3)16(20)24-11-10-12-25(21-6,22-7)23-8;3*1-2(3)4/h17H,9-13H2,1-8H3;14H,9-13H2,1-8H3;3*1H3,(H,3,4). The Hall–Kier alpha value is -4.99. The van der Waals surface area contributed by atoms with Crippen molar-refractivity contribution in [1.29, 1.82) is 0 Å². The van der Waals surface area contributed by atoms with Gasteiger partial charge in [0.25, 0.3) is 35.8 Å². The first kappa shape index (κ1) is 72.0. The van der Waals surface area contributed by atoms with Crippen molar-refractivity contribution in [3.8, 4) is 0 Å². The zero-order chi connectivity index (χ0) is 54.8. The zero-order valence-electron chi connectivity index (χ0n) is 43.8. The van der Waals surface area contributed by atoms with Crippen molar-refractivity contribution in [2.75, 3.05) is 62.7 Å². The molecule has 0 aromatic heterocycles. The van der Waals surface area contributed by atoms with E-state index in [4.69, 9.17) is 65.7 Å². The molecule has 0 aliphatic heterocycles. The van der Waals surface area contributed by atoms with Crippen LogP contribution in [0.5, 0.6) is 0 Å². The normalized spacial score (nSPS) is 11.7. The molecular formula is C43H82N2O21Si2.